The molecular weight excluding hydrogens is 166 g/mol. The summed E-state index contributed by atoms with van der Waals surface area (Å²) in [5.74, 6) is 0. The van der Waals surface area contributed by atoms with Crippen LogP contribution in [0.4, 0.5) is 0 Å². The van der Waals surface area contributed by atoms with Crippen molar-refractivity contribution in [2.24, 2.45) is 0 Å². The van der Waals surface area contributed by atoms with E-state index in [1.807, 2.05) is 0 Å². The van der Waals surface area contributed by atoms with Gasteiger partial charge in [0.1, 0.15) is 0 Å². The van der Waals surface area contributed by atoms with E-state index in [1.165, 1.54) is 17.9 Å². The molecule has 0 unspecified atom stereocenters. The lowest BCUT2D eigenvalue weighted by atomic mass is 10.5. The van der Waals surface area contributed by atoms with E-state index in [4.69, 9.17) is 5.21 Å². The molecule has 0 aliphatic carbocycles. The van der Waals surface area contributed by atoms with Crippen LogP contribution in [0.5, 0.6) is 0 Å². The number of rotatable bonds is 3. The molecular formula is C6H11NO3S. The lowest BCUT2D eigenvalue weighted by molar-refractivity contribution is 0.244. The van der Waals surface area contributed by atoms with Crippen LogP contribution in [0.1, 0.15) is 13.8 Å². The van der Waals surface area contributed by atoms with E-state index >= 15 is 0 Å². The molecule has 0 saturated carbocycles. The average Bonchev–Trinajstić information content (AvgIpc) is 2.00. The number of sulfonamides is 1. The number of hydrogen-bond acceptors (Lipinski definition) is 3. The maximum absolute atomic E-state index is 10.7. The van der Waals surface area contributed by atoms with Crippen LogP contribution < -0.4 is 4.89 Å². The Morgan fingerprint density at radius 1 is 1.55 bits per heavy atom. The molecule has 64 valence electrons. The van der Waals surface area contributed by atoms with E-state index in [0.29, 0.717) is 0 Å². The third-order valence-corrected chi connectivity index (χ3v) is 2.29. The van der Waals surface area contributed by atoms with E-state index in [0.717, 1.165) is 0 Å². The highest BCUT2D eigenvalue weighted by Crippen LogP contribution is 2.01. The van der Waals surface area contributed by atoms with E-state index in [1.54, 1.807) is 19.1 Å². The topological polar surface area (TPSA) is 66.4 Å². The van der Waals surface area contributed by atoms with Crippen LogP contribution in [0.3, 0.4) is 0 Å². The van der Waals surface area contributed by atoms with Crippen molar-refractivity contribution in [2.75, 3.05) is 0 Å². The van der Waals surface area contributed by atoms with Gasteiger partial charge in [0.2, 0.25) is 0 Å². The Morgan fingerprint density at radius 2 is 2.09 bits per heavy atom. The molecule has 5 heteroatoms. The molecule has 0 spiro atoms. The van der Waals surface area contributed by atoms with Gasteiger partial charge in [-0.25, -0.2) is 8.42 Å². The Balaban J connectivity index is 4.62. The van der Waals surface area contributed by atoms with Gasteiger partial charge in [-0.2, -0.15) is 0 Å². The fourth-order valence-electron chi connectivity index (χ4n) is 0.393. The van der Waals surface area contributed by atoms with Gasteiger partial charge in [0, 0.05) is 0 Å². The fourth-order valence-corrected chi connectivity index (χ4v) is 0.795. The Hall–Kier alpha value is -0.650. The summed E-state index contributed by atoms with van der Waals surface area (Å²) in [7, 11) is -3.66. The van der Waals surface area contributed by atoms with Gasteiger partial charge in [0.15, 0.2) is 0 Å². The fraction of sp³-hybridized carbons (Fsp3) is 0.333. The summed E-state index contributed by atoms with van der Waals surface area (Å²) in [6.07, 6.45) is 4.65. The predicted octanol–water partition coefficient (Wildman–Crippen LogP) is 0.775. The minimum absolute atomic E-state index is 0.0677. The van der Waals surface area contributed by atoms with Gasteiger partial charge < -0.3 is 5.21 Å². The zero-order chi connectivity index (χ0) is 8.91. The molecule has 0 atom stereocenters. The molecule has 11 heavy (non-hydrogen) atoms. The van der Waals surface area contributed by atoms with E-state index in [9.17, 15) is 8.42 Å². The summed E-state index contributed by atoms with van der Waals surface area (Å²) in [5, 5.41) is 8.16. The van der Waals surface area contributed by atoms with Gasteiger partial charge in [-0.05, 0) is 19.9 Å². The quantitative estimate of drug-likeness (QED) is 0.494. The standard InChI is InChI=1S/C6H11NO3S/c1-3-4-5-6(2)11(9,10)7-8/h3-5,7-8H,1-2H3. The van der Waals surface area contributed by atoms with Crippen LogP contribution in [-0.2, 0) is 10.0 Å². The third kappa shape index (κ3) is 3.31. The second-order valence-electron chi connectivity index (χ2n) is 1.90. The molecule has 0 bridgehead atoms. The highest BCUT2D eigenvalue weighted by molar-refractivity contribution is 7.93. The van der Waals surface area contributed by atoms with Crippen molar-refractivity contribution in [1.29, 1.82) is 0 Å². The van der Waals surface area contributed by atoms with Gasteiger partial charge in [-0.15, -0.1) is 0 Å². The first kappa shape index (κ1) is 10.3. The smallest absolute Gasteiger partial charge is 0.258 e. The highest BCUT2D eigenvalue weighted by atomic mass is 32.2. The van der Waals surface area contributed by atoms with Crippen molar-refractivity contribution < 1.29 is 13.6 Å². The van der Waals surface area contributed by atoms with Crippen molar-refractivity contribution in [3.05, 3.63) is 23.1 Å². The second kappa shape index (κ2) is 4.27. The normalized spacial score (nSPS) is 14.3. The minimum atomic E-state index is -3.66. The first-order valence-electron chi connectivity index (χ1n) is 3.00. The summed E-state index contributed by atoms with van der Waals surface area (Å²) in [6.45, 7) is 3.15. The van der Waals surface area contributed by atoms with E-state index < -0.39 is 10.0 Å². The largest absolute Gasteiger partial charge is 0.302 e. The number of allylic oxidation sites excluding steroid dienone is 4. The molecule has 0 radical (unpaired) electrons. The minimum Gasteiger partial charge on any atom is -0.302 e. The number of nitrogens with one attached hydrogen (secondary N) is 1. The van der Waals surface area contributed by atoms with Crippen LogP contribution in [0.25, 0.3) is 0 Å². The maximum atomic E-state index is 10.7. The van der Waals surface area contributed by atoms with Crippen LogP contribution in [0, 0.1) is 0 Å². The molecule has 0 fully saturated rings. The first-order chi connectivity index (χ1) is 5.04. The van der Waals surface area contributed by atoms with Crippen molar-refractivity contribution in [1.82, 2.24) is 4.89 Å². The summed E-state index contributed by atoms with van der Waals surface area (Å²) >= 11 is 0. The van der Waals surface area contributed by atoms with Crippen LogP contribution >= 0.6 is 0 Å². The molecule has 0 aromatic carbocycles. The lowest BCUT2D eigenvalue weighted by Gasteiger charge is -1.97. The molecule has 0 heterocycles. The SMILES string of the molecule is CC=CC=C(C)S(=O)(=O)NO. The monoisotopic (exact) mass is 177 g/mol. The Kier molecular flexibility index (Phi) is 4.02. The number of hydrogen-bond donors (Lipinski definition) is 2. The lowest BCUT2D eigenvalue weighted by Crippen LogP contribution is -2.19. The Morgan fingerprint density at radius 3 is 2.45 bits per heavy atom. The summed E-state index contributed by atoms with van der Waals surface area (Å²) in [4.78, 5) is 1.29. The highest BCUT2D eigenvalue weighted by Gasteiger charge is 2.08. The van der Waals surface area contributed by atoms with Gasteiger partial charge in [0.25, 0.3) is 10.0 Å². The summed E-state index contributed by atoms with van der Waals surface area (Å²) in [6, 6.07) is 0. The average molecular weight is 177 g/mol. The predicted molar refractivity (Wildman–Crippen MR) is 42.4 cm³/mol. The Labute approximate surface area is 66.2 Å². The zero-order valence-electron chi connectivity index (χ0n) is 6.40. The molecule has 0 aliphatic heterocycles. The van der Waals surface area contributed by atoms with Crippen molar-refractivity contribution in [2.45, 2.75) is 13.8 Å². The Bertz CT molecular complexity index is 264. The van der Waals surface area contributed by atoms with Crippen molar-refractivity contribution in [3.63, 3.8) is 0 Å². The van der Waals surface area contributed by atoms with Crippen LogP contribution in [0.2, 0.25) is 0 Å². The molecule has 0 aromatic heterocycles. The van der Waals surface area contributed by atoms with E-state index in [2.05, 4.69) is 0 Å². The van der Waals surface area contributed by atoms with Gasteiger partial charge in [-0.1, -0.05) is 17.0 Å². The molecule has 0 rings (SSSR count). The van der Waals surface area contributed by atoms with Crippen molar-refractivity contribution >= 4 is 10.0 Å². The van der Waals surface area contributed by atoms with Crippen LogP contribution in [-0.4, -0.2) is 13.6 Å². The third-order valence-electron chi connectivity index (χ3n) is 1.07. The molecule has 0 saturated heterocycles. The molecule has 2 N–H and O–H groups in total. The molecule has 0 aromatic rings. The molecule has 0 aliphatic rings. The van der Waals surface area contributed by atoms with Crippen molar-refractivity contribution in [3.8, 4) is 0 Å². The molecule has 0 amide bonds. The second-order valence-corrected chi connectivity index (χ2v) is 3.73. The molecule has 4 nitrogen and oxygen atoms in total. The van der Waals surface area contributed by atoms with Gasteiger partial charge in [0.05, 0.1) is 4.91 Å². The van der Waals surface area contributed by atoms with E-state index in [-0.39, 0.29) is 4.91 Å². The van der Waals surface area contributed by atoms with Gasteiger partial charge >= 0.3 is 0 Å². The van der Waals surface area contributed by atoms with Crippen LogP contribution in [0.15, 0.2) is 23.1 Å². The zero-order valence-corrected chi connectivity index (χ0v) is 7.22. The maximum Gasteiger partial charge on any atom is 0.258 e. The van der Waals surface area contributed by atoms with Gasteiger partial charge in [-0.3, -0.25) is 0 Å². The summed E-state index contributed by atoms with van der Waals surface area (Å²) < 4.78 is 21.5. The summed E-state index contributed by atoms with van der Waals surface area (Å²) in [5.41, 5.74) is 0. The first-order valence-corrected chi connectivity index (χ1v) is 4.48.